The lowest BCUT2D eigenvalue weighted by Gasteiger charge is -2.14. The van der Waals surface area contributed by atoms with Crippen LogP contribution >= 0.6 is 0 Å². The van der Waals surface area contributed by atoms with E-state index in [1.54, 1.807) is 44.2 Å². The highest BCUT2D eigenvalue weighted by molar-refractivity contribution is 5.93. The van der Waals surface area contributed by atoms with Gasteiger partial charge in [-0.05, 0) is 38.5 Å². The number of hydrogen-bond donors (Lipinski definition) is 1. The van der Waals surface area contributed by atoms with Crippen molar-refractivity contribution in [2.45, 2.75) is 26.3 Å². The molecule has 0 saturated heterocycles. The lowest BCUT2D eigenvalue weighted by Crippen LogP contribution is -2.35. The van der Waals surface area contributed by atoms with Crippen molar-refractivity contribution >= 4 is 18.8 Å². The molecule has 11 heteroatoms. The fourth-order valence-corrected chi connectivity index (χ4v) is 3.91. The fraction of sp³-hybridized carbons (Fsp3) is 0.348. The largest absolute Gasteiger partial charge is 0.477 e. The second-order valence-corrected chi connectivity index (χ2v) is 7.94. The number of allylic oxidation sites excluding steroid dienone is 1. The number of nitrogens with one attached hydrogen (secondary N) is 1. The van der Waals surface area contributed by atoms with Crippen LogP contribution in [0.3, 0.4) is 0 Å². The molecule has 3 aromatic heterocycles. The number of H-pyrrole nitrogens is 1. The summed E-state index contributed by atoms with van der Waals surface area (Å²) in [5.74, 6) is 0.486. The Morgan fingerprint density at radius 1 is 1.35 bits per heavy atom. The Morgan fingerprint density at radius 2 is 2.18 bits per heavy atom. The topological polar surface area (TPSA) is 128 Å². The zero-order valence-corrected chi connectivity index (χ0v) is 19.5. The first-order valence-corrected chi connectivity index (χ1v) is 10.9. The number of aryl methyl sites for hydroxylation is 2. The van der Waals surface area contributed by atoms with Gasteiger partial charge in [0.2, 0.25) is 11.5 Å². The molecule has 4 heterocycles. The van der Waals surface area contributed by atoms with Gasteiger partial charge in [-0.2, -0.15) is 10.1 Å². The van der Waals surface area contributed by atoms with E-state index < -0.39 is 5.91 Å². The number of fused-ring (bicyclic) bond motifs is 5. The number of rotatable bonds is 2. The highest BCUT2D eigenvalue weighted by Crippen LogP contribution is 2.27. The second kappa shape index (κ2) is 9.77. The third kappa shape index (κ3) is 4.49. The molecule has 176 valence electrons. The van der Waals surface area contributed by atoms with Crippen molar-refractivity contribution in [1.82, 2.24) is 29.3 Å². The van der Waals surface area contributed by atoms with E-state index in [9.17, 15) is 4.79 Å². The molecule has 1 aliphatic rings. The first-order valence-electron chi connectivity index (χ1n) is 10.9. The Bertz CT molecular complexity index is 1440. The van der Waals surface area contributed by atoms with Gasteiger partial charge in [-0.1, -0.05) is 6.08 Å². The SMILES string of the molecule is C=CC1CCCOc2c(cnn2C)-c2nc(C)cc(n2)C(=O)N=c2[nH]/c(=C/N=C)c(=NC)n2C1. The van der Waals surface area contributed by atoms with Crippen molar-refractivity contribution in [3.05, 3.63) is 52.8 Å². The average molecular weight is 462 g/mol. The van der Waals surface area contributed by atoms with Gasteiger partial charge in [0.05, 0.1) is 19.0 Å². The minimum Gasteiger partial charge on any atom is -0.477 e. The van der Waals surface area contributed by atoms with Crippen LogP contribution in [0.1, 0.15) is 29.0 Å². The molecule has 0 spiro atoms. The number of carbonyl (C=O) groups excluding carboxylic acids is 1. The minimum atomic E-state index is -0.515. The first kappa shape index (κ1) is 23.0. The van der Waals surface area contributed by atoms with Gasteiger partial charge in [-0.3, -0.25) is 19.3 Å². The number of imidazole rings is 1. The molecule has 1 aliphatic heterocycles. The number of amides is 1. The predicted molar refractivity (Wildman–Crippen MR) is 127 cm³/mol. The Labute approximate surface area is 196 Å². The van der Waals surface area contributed by atoms with Crippen LogP contribution in [0.25, 0.3) is 17.6 Å². The highest BCUT2D eigenvalue weighted by Gasteiger charge is 2.19. The minimum absolute atomic E-state index is 0.0951. The van der Waals surface area contributed by atoms with Gasteiger partial charge in [0, 0.05) is 26.3 Å². The number of aromatic amines is 1. The summed E-state index contributed by atoms with van der Waals surface area (Å²) in [7, 11) is 3.47. The van der Waals surface area contributed by atoms with Crippen molar-refractivity contribution in [2.75, 3.05) is 13.7 Å². The van der Waals surface area contributed by atoms with Gasteiger partial charge >= 0.3 is 0 Å². The second-order valence-electron chi connectivity index (χ2n) is 7.94. The van der Waals surface area contributed by atoms with Gasteiger partial charge in [0.25, 0.3) is 5.91 Å². The van der Waals surface area contributed by atoms with E-state index in [1.807, 2.05) is 10.6 Å². The fourth-order valence-electron chi connectivity index (χ4n) is 3.91. The van der Waals surface area contributed by atoms with Gasteiger partial charge in [0.15, 0.2) is 11.3 Å². The van der Waals surface area contributed by atoms with Gasteiger partial charge in [-0.25, -0.2) is 14.6 Å². The first-order chi connectivity index (χ1) is 16.4. The zero-order chi connectivity index (χ0) is 24.2. The molecule has 1 amide bonds. The van der Waals surface area contributed by atoms with E-state index in [4.69, 9.17) is 4.74 Å². The molecule has 0 aliphatic carbocycles. The van der Waals surface area contributed by atoms with E-state index in [0.717, 1.165) is 12.8 Å². The summed E-state index contributed by atoms with van der Waals surface area (Å²) in [6.45, 7) is 10.3. The summed E-state index contributed by atoms with van der Waals surface area (Å²) in [6.07, 6.45) is 6.68. The number of carbonyl (C=O) groups is 1. The highest BCUT2D eigenvalue weighted by atomic mass is 16.5. The third-order valence-corrected chi connectivity index (χ3v) is 5.55. The van der Waals surface area contributed by atoms with Gasteiger partial charge < -0.3 is 9.72 Å². The maximum atomic E-state index is 13.2. The summed E-state index contributed by atoms with van der Waals surface area (Å²) in [5, 5.41) is 4.90. The maximum Gasteiger partial charge on any atom is 0.298 e. The van der Waals surface area contributed by atoms with Crippen LogP contribution in [0, 0.1) is 12.8 Å². The molecule has 4 rings (SSSR count). The van der Waals surface area contributed by atoms with E-state index >= 15 is 0 Å². The molecule has 1 unspecified atom stereocenters. The van der Waals surface area contributed by atoms with Crippen molar-refractivity contribution < 1.29 is 9.53 Å². The maximum absolute atomic E-state index is 13.2. The summed E-state index contributed by atoms with van der Waals surface area (Å²) in [6, 6.07) is 1.60. The van der Waals surface area contributed by atoms with Crippen LogP contribution in [0.5, 0.6) is 5.88 Å². The summed E-state index contributed by atoms with van der Waals surface area (Å²) in [5.41, 5.74) is 2.37. The molecule has 0 radical (unpaired) electrons. The lowest BCUT2D eigenvalue weighted by atomic mass is 10.0. The molecule has 11 nitrogen and oxygen atoms in total. The molecular weight excluding hydrogens is 434 g/mol. The average Bonchev–Trinajstić information content (AvgIpc) is 3.34. The van der Waals surface area contributed by atoms with Gasteiger partial charge in [-0.15, -0.1) is 6.58 Å². The molecule has 2 bridgehead atoms. The molecule has 0 aromatic carbocycles. The Balaban J connectivity index is 1.95. The van der Waals surface area contributed by atoms with Crippen LogP contribution in [0.15, 0.2) is 39.9 Å². The van der Waals surface area contributed by atoms with E-state index in [0.29, 0.717) is 52.6 Å². The van der Waals surface area contributed by atoms with Crippen LogP contribution in [0.4, 0.5) is 0 Å². The Hall–Kier alpha value is -4.15. The molecule has 3 aromatic rings. The molecule has 1 N–H and O–H groups in total. The number of aromatic nitrogens is 6. The van der Waals surface area contributed by atoms with Gasteiger partial charge in [0.1, 0.15) is 16.6 Å². The molecule has 0 saturated carbocycles. The van der Waals surface area contributed by atoms with Crippen LogP contribution < -0.4 is 21.2 Å². The van der Waals surface area contributed by atoms with Crippen LogP contribution in [0.2, 0.25) is 0 Å². The lowest BCUT2D eigenvalue weighted by molar-refractivity contribution is 0.0991. The summed E-state index contributed by atoms with van der Waals surface area (Å²) >= 11 is 0. The molecule has 34 heavy (non-hydrogen) atoms. The van der Waals surface area contributed by atoms with E-state index in [-0.39, 0.29) is 11.6 Å². The van der Waals surface area contributed by atoms with Crippen molar-refractivity contribution in [1.29, 1.82) is 0 Å². The quantitative estimate of drug-likeness (QED) is 0.444. The molecule has 1 atom stereocenters. The van der Waals surface area contributed by atoms with E-state index in [1.165, 1.54) is 0 Å². The Morgan fingerprint density at radius 3 is 2.91 bits per heavy atom. The number of hydrogen-bond acceptors (Lipinski definition) is 7. The molecule has 0 fully saturated rings. The van der Waals surface area contributed by atoms with Crippen LogP contribution in [-0.4, -0.2) is 55.6 Å². The zero-order valence-electron chi connectivity index (χ0n) is 19.5. The van der Waals surface area contributed by atoms with E-state index in [2.05, 4.69) is 48.3 Å². The van der Waals surface area contributed by atoms with Crippen LogP contribution in [-0.2, 0) is 13.6 Å². The summed E-state index contributed by atoms with van der Waals surface area (Å²) < 4.78 is 9.56. The smallest absolute Gasteiger partial charge is 0.298 e. The van der Waals surface area contributed by atoms with Crippen molar-refractivity contribution in [3.8, 4) is 17.3 Å². The molecular formula is C23H27N9O2. The predicted octanol–water partition coefficient (Wildman–Crippen LogP) is 0.719. The summed E-state index contributed by atoms with van der Waals surface area (Å²) in [4.78, 5) is 37.9. The monoisotopic (exact) mass is 461 g/mol. The number of ether oxygens (including phenoxy) is 1. The standard InChI is InChI=1S/C23H27N9O2/c1-6-15-8-7-9-34-22-16(11-26-31(22)5)19-27-14(2)10-17(28-19)21(33)30-23-29-18(12-24-3)20(25-4)32(23)13-15/h6,10-12,15H,1,3,7-9,13H2,2,4-5H3,(H,29,30,33)/b18-12+,25-20?. The Kier molecular flexibility index (Phi) is 6.62. The number of aliphatic imine (C=N–C) groups is 1. The third-order valence-electron chi connectivity index (χ3n) is 5.55. The number of nitrogens with zero attached hydrogens (tertiary/aromatic N) is 8. The normalized spacial score (nSPS) is 17.6. The van der Waals surface area contributed by atoms with Crippen molar-refractivity contribution in [3.63, 3.8) is 0 Å². The van der Waals surface area contributed by atoms with Crippen molar-refractivity contribution in [2.24, 2.45) is 27.9 Å².